The second kappa shape index (κ2) is 6.96. The van der Waals surface area contributed by atoms with E-state index in [0.717, 1.165) is 36.9 Å². The van der Waals surface area contributed by atoms with Gasteiger partial charge in [0, 0.05) is 13.6 Å². The summed E-state index contributed by atoms with van der Waals surface area (Å²) in [4.78, 5) is 12.3. The number of aryl methyl sites for hydroxylation is 2. The van der Waals surface area contributed by atoms with Crippen molar-refractivity contribution in [3.05, 3.63) is 11.4 Å². The van der Waals surface area contributed by atoms with Crippen LogP contribution in [0.2, 0.25) is 0 Å². The Kier molecular flexibility index (Phi) is 5.26. The Hall–Kier alpha value is -1.52. The van der Waals surface area contributed by atoms with Crippen molar-refractivity contribution >= 4 is 11.6 Å². The van der Waals surface area contributed by atoms with Gasteiger partial charge < -0.3 is 11.1 Å². The molecule has 1 aliphatic rings. The highest BCUT2D eigenvalue weighted by Gasteiger charge is 2.21. The van der Waals surface area contributed by atoms with E-state index in [9.17, 15) is 4.79 Å². The molecular formula is C16H28N4O. The first kappa shape index (κ1) is 15.9. The van der Waals surface area contributed by atoms with Crippen molar-refractivity contribution in [2.24, 2.45) is 18.9 Å². The van der Waals surface area contributed by atoms with Crippen LogP contribution in [0.3, 0.4) is 0 Å². The van der Waals surface area contributed by atoms with Gasteiger partial charge in [-0.2, -0.15) is 5.10 Å². The van der Waals surface area contributed by atoms with Crippen molar-refractivity contribution in [2.45, 2.75) is 52.4 Å². The summed E-state index contributed by atoms with van der Waals surface area (Å²) in [6.07, 6.45) is 7.08. The lowest BCUT2D eigenvalue weighted by molar-refractivity contribution is 0.0941. The third-order valence-electron chi connectivity index (χ3n) is 4.59. The number of hydrogen-bond donors (Lipinski definition) is 2. The van der Waals surface area contributed by atoms with Gasteiger partial charge in [0.2, 0.25) is 0 Å². The smallest absolute Gasteiger partial charge is 0.271 e. The highest BCUT2D eigenvalue weighted by atomic mass is 16.2. The molecule has 5 heteroatoms. The van der Waals surface area contributed by atoms with E-state index in [4.69, 9.17) is 5.73 Å². The number of carbonyl (C=O) groups excluding carboxylic acids is 1. The number of nitrogens with zero attached hydrogens (tertiary/aromatic N) is 2. The van der Waals surface area contributed by atoms with Crippen molar-refractivity contribution in [3.63, 3.8) is 0 Å². The molecule has 1 heterocycles. The number of hydrogen-bond acceptors (Lipinski definition) is 3. The van der Waals surface area contributed by atoms with Gasteiger partial charge in [0.25, 0.3) is 5.91 Å². The minimum Gasteiger partial charge on any atom is -0.395 e. The molecule has 5 nitrogen and oxygen atoms in total. The van der Waals surface area contributed by atoms with Crippen LogP contribution in [-0.4, -0.2) is 22.2 Å². The normalized spacial score (nSPS) is 22.2. The number of nitrogens with one attached hydrogen (secondary N) is 1. The number of amides is 1. The SMILES string of the molecule is CCc1nn(C)c(C(=O)NCCC2CCCC(C)C2)c1N. The van der Waals surface area contributed by atoms with Crippen molar-refractivity contribution < 1.29 is 4.79 Å². The van der Waals surface area contributed by atoms with Crippen LogP contribution in [0.1, 0.15) is 62.1 Å². The summed E-state index contributed by atoms with van der Waals surface area (Å²) in [7, 11) is 1.77. The van der Waals surface area contributed by atoms with Crippen LogP contribution in [-0.2, 0) is 13.5 Å². The van der Waals surface area contributed by atoms with Crippen LogP contribution in [0.4, 0.5) is 5.69 Å². The zero-order valence-corrected chi connectivity index (χ0v) is 13.5. The summed E-state index contributed by atoms with van der Waals surface area (Å²) in [6, 6.07) is 0. The molecule has 2 rings (SSSR count). The summed E-state index contributed by atoms with van der Waals surface area (Å²) in [5, 5.41) is 7.29. The lowest BCUT2D eigenvalue weighted by atomic mass is 9.81. The molecule has 1 saturated carbocycles. The molecule has 0 bridgehead atoms. The number of carbonyl (C=O) groups is 1. The molecule has 0 aromatic carbocycles. The summed E-state index contributed by atoms with van der Waals surface area (Å²) < 4.78 is 1.59. The highest BCUT2D eigenvalue weighted by molar-refractivity contribution is 5.97. The Balaban J connectivity index is 1.86. The largest absolute Gasteiger partial charge is 0.395 e. The van der Waals surface area contributed by atoms with Gasteiger partial charge in [-0.1, -0.05) is 33.1 Å². The van der Waals surface area contributed by atoms with Crippen molar-refractivity contribution in [2.75, 3.05) is 12.3 Å². The summed E-state index contributed by atoms with van der Waals surface area (Å²) in [5.74, 6) is 1.48. The van der Waals surface area contributed by atoms with Crippen LogP contribution >= 0.6 is 0 Å². The minimum absolute atomic E-state index is 0.106. The van der Waals surface area contributed by atoms with Gasteiger partial charge in [0.15, 0.2) is 0 Å². The number of nitrogens with two attached hydrogens (primary N) is 1. The number of rotatable bonds is 5. The molecule has 2 atom stereocenters. The molecule has 21 heavy (non-hydrogen) atoms. The Labute approximate surface area is 127 Å². The first-order valence-electron chi connectivity index (χ1n) is 8.12. The number of nitrogen functional groups attached to an aromatic ring is 1. The van der Waals surface area contributed by atoms with Gasteiger partial charge in [0.05, 0.1) is 11.4 Å². The summed E-state index contributed by atoms with van der Waals surface area (Å²) >= 11 is 0. The third kappa shape index (κ3) is 3.77. The predicted octanol–water partition coefficient (Wildman–Crippen LogP) is 2.51. The molecule has 0 spiro atoms. The van der Waals surface area contributed by atoms with E-state index in [2.05, 4.69) is 17.3 Å². The molecule has 0 aliphatic heterocycles. The quantitative estimate of drug-likeness (QED) is 0.875. The molecular weight excluding hydrogens is 264 g/mol. The Morgan fingerprint density at radius 3 is 2.86 bits per heavy atom. The van der Waals surface area contributed by atoms with Gasteiger partial charge in [0.1, 0.15) is 5.69 Å². The fourth-order valence-electron chi connectivity index (χ4n) is 3.42. The van der Waals surface area contributed by atoms with Gasteiger partial charge in [-0.25, -0.2) is 0 Å². The molecule has 1 aliphatic carbocycles. The molecule has 0 radical (unpaired) electrons. The Bertz CT molecular complexity index is 495. The molecule has 1 amide bonds. The van der Waals surface area contributed by atoms with Crippen molar-refractivity contribution in [1.29, 1.82) is 0 Å². The van der Waals surface area contributed by atoms with E-state index in [-0.39, 0.29) is 5.91 Å². The minimum atomic E-state index is -0.106. The van der Waals surface area contributed by atoms with E-state index >= 15 is 0 Å². The average molecular weight is 292 g/mol. The maximum absolute atomic E-state index is 12.3. The fourth-order valence-corrected chi connectivity index (χ4v) is 3.42. The first-order chi connectivity index (χ1) is 10.0. The van der Waals surface area contributed by atoms with Gasteiger partial charge in [-0.05, 0) is 31.1 Å². The molecule has 3 N–H and O–H groups in total. The molecule has 2 unspecified atom stereocenters. The van der Waals surface area contributed by atoms with Gasteiger partial charge in [-0.15, -0.1) is 0 Å². The zero-order valence-electron chi connectivity index (χ0n) is 13.5. The standard InChI is InChI=1S/C16H28N4O/c1-4-13-14(17)15(20(3)19-13)16(21)18-9-8-12-7-5-6-11(2)10-12/h11-12H,4-10,17H2,1-3H3,(H,18,21). The lowest BCUT2D eigenvalue weighted by Gasteiger charge is -2.26. The van der Waals surface area contributed by atoms with E-state index in [1.807, 2.05) is 6.92 Å². The van der Waals surface area contributed by atoms with E-state index in [1.165, 1.54) is 25.7 Å². The first-order valence-corrected chi connectivity index (χ1v) is 8.12. The van der Waals surface area contributed by atoms with E-state index in [0.29, 0.717) is 11.4 Å². The lowest BCUT2D eigenvalue weighted by Crippen LogP contribution is -2.29. The van der Waals surface area contributed by atoms with E-state index in [1.54, 1.807) is 11.7 Å². The fraction of sp³-hybridized carbons (Fsp3) is 0.750. The van der Waals surface area contributed by atoms with Crippen LogP contribution in [0.15, 0.2) is 0 Å². The second-order valence-corrected chi connectivity index (χ2v) is 6.37. The van der Waals surface area contributed by atoms with Crippen LogP contribution in [0.5, 0.6) is 0 Å². The summed E-state index contributed by atoms with van der Waals surface area (Å²) in [6.45, 7) is 5.04. The van der Waals surface area contributed by atoms with Crippen molar-refractivity contribution in [1.82, 2.24) is 15.1 Å². The number of anilines is 1. The van der Waals surface area contributed by atoms with E-state index < -0.39 is 0 Å². The van der Waals surface area contributed by atoms with Crippen LogP contribution < -0.4 is 11.1 Å². The topological polar surface area (TPSA) is 72.9 Å². The molecule has 118 valence electrons. The monoisotopic (exact) mass is 292 g/mol. The molecule has 1 aromatic rings. The zero-order chi connectivity index (χ0) is 15.4. The highest BCUT2D eigenvalue weighted by Crippen LogP contribution is 2.30. The number of aromatic nitrogens is 2. The Morgan fingerprint density at radius 2 is 2.24 bits per heavy atom. The maximum Gasteiger partial charge on any atom is 0.271 e. The molecule has 0 saturated heterocycles. The maximum atomic E-state index is 12.3. The molecule has 1 aromatic heterocycles. The van der Waals surface area contributed by atoms with Gasteiger partial charge >= 0.3 is 0 Å². The third-order valence-corrected chi connectivity index (χ3v) is 4.59. The van der Waals surface area contributed by atoms with Crippen LogP contribution in [0.25, 0.3) is 0 Å². The second-order valence-electron chi connectivity index (χ2n) is 6.37. The summed E-state index contributed by atoms with van der Waals surface area (Å²) in [5.41, 5.74) is 7.81. The van der Waals surface area contributed by atoms with Crippen LogP contribution in [0, 0.1) is 11.8 Å². The average Bonchev–Trinajstić information content (AvgIpc) is 2.73. The van der Waals surface area contributed by atoms with Crippen molar-refractivity contribution in [3.8, 4) is 0 Å². The Morgan fingerprint density at radius 1 is 1.48 bits per heavy atom. The van der Waals surface area contributed by atoms with Gasteiger partial charge in [-0.3, -0.25) is 9.48 Å². The molecule has 1 fully saturated rings. The predicted molar refractivity (Wildman–Crippen MR) is 85.1 cm³/mol.